The van der Waals surface area contributed by atoms with Gasteiger partial charge in [-0.25, -0.2) is 4.79 Å². The van der Waals surface area contributed by atoms with E-state index in [1.807, 2.05) is 4.98 Å². The molecule has 6 heteroatoms. The number of nitrogens with zero attached hydrogens (tertiary/aromatic N) is 1. The Morgan fingerprint density at radius 1 is 1.58 bits per heavy atom. The zero-order valence-electron chi connectivity index (χ0n) is 6.08. The molecule has 1 heterocycles. The van der Waals surface area contributed by atoms with Gasteiger partial charge in [0.05, 0.1) is 13.2 Å². The van der Waals surface area contributed by atoms with Crippen LogP contribution in [-0.2, 0) is 6.54 Å². The van der Waals surface area contributed by atoms with Crippen LogP contribution in [0.1, 0.15) is 0 Å². The highest BCUT2D eigenvalue weighted by Crippen LogP contribution is 1.94. The molecule has 1 aromatic rings. The summed E-state index contributed by atoms with van der Waals surface area (Å²) < 4.78 is 1.13. The minimum atomic E-state index is -0.615. The highest BCUT2D eigenvalue weighted by molar-refractivity contribution is 6.30. The minimum absolute atomic E-state index is 0.0666. The summed E-state index contributed by atoms with van der Waals surface area (Å²) in [6, 6.07) is 0. The molecule has 0 bridgehead atoms. The first-order valence-corrected chi connectivity index (χ1v) is 3.63. The summed E-state index contributed by atoms with van der Waals surface area (Å²) in [5, 5.41) is 8.44. The molecule has 0 amide bonds. The van der Waals surface area contributed by atoms with E-state index < -0.39 is 11.2 Å². The van der Waals surface area contributed by atoms with Crippen LogP contribution in [0.3, 0.4) is 0 Å². The van der Waals surface area contributed by atoms with Crippen molar-refractivity contribution < 1.29 is 5.11 Å². The first-order chi connectivity index (χ1) is 5.65. The minimum Gasteiger partial charge on any atom is -0.395 e. The van der Waals surface area contributed by atoms with Gasteiger partial charge in [-0.3, -0.25) is 14.3 Å². The predicted molar refractivity (Wildman–Crippen MR) is 43.4 cm³/mol. The Hall–Kier alpha value is -1.07. The molecule has 0 unspecified atom stereocenters. The maximum atomic E-state index is 10.9. The molecular weight excluding hydrogens is 184 g/mol. The fourth-order valence-electron chi connectivity index (χ4n) is 0.757. The summed E-state index contributed by atoms with van der Waals surface area (Å²) in [4.78, 5) is 23.7. The van der Waals surface area contributed by atoms with Crippen LogP contribution in [0.5, 0.6) is 0 Å². The van der Waals surface area contributed by atoms with Crippen molar-refractivity contribution in [1.29, 1.82) is 0 Å². The highest BCUT2D eigenvalue weighted by atomic mass is 35.5. The van der Waals surface area contributed by atoms with Crippen LogP contribution in [0.25, 0.3) is 0 Å². The Morgan fingerprint density at radius 2 is 2.25 bits per heavy atom. The van der Waals surface area contributed by atoms with E-state index in [0.29, 0.717) is 0 Å². The number of aliphatic hydroxyl groups excluding tert-OH is 1. The van der Waals surface area contributed by atoms with Crippen LogP contribution in [0.4, 0.5) is 0 Å². The lowest BCUT2D eigenvalue weighted by molar-refractivity contribution is 0.273. The van der Waals surface area contributed by atoms with Crippen molar-refractivity contribution in [3.05, 3.63) is 32.1 Å². The number of aromatic amines is 1. The standard InChI is InChI=1S/C6H7ClN2O3/c7-4-3-9(1-2-10)6(12)8-5(4)11/h3,10H,1-2H2,(H,8,11,12). The van der Waals surface area contributed by atoms with Gasteiger partial charge in [-0.15, -0.1) is 0 Å². The maximum absolute atomic E-state index is 10.9. The van der Waals surface area contributed by atoms with Crippen LogP contribution in [-0.4, -0.2) is 21.3 Å². The second-order valence-electron chi connectivity index (χ2n) is 2.15. The smallest absolute Gasteiger partial charge is 0.328 e. The molecule has 2 N–H and O–H groups in total. The summed E-state index contributed by atoms with van der Waals surface area (Å²) in [6.07, 6.45) is 1.19. The number of halogens is 1. The topological polar surface area (TPSA) is 75.1 Å². The van der Waals surface area contributed by atoms with E-state index in [-0.39, 0.29) is 18.2 Å². The largest absolute Gasteiger partial charge is 0.395 e. The van der Waals surface area contributed by atoms with Crippen molar-refractivity contribution in [1.82, 2.24) is 9.55 Å². The molecule has 5 nitrogen and oxygen atoms in total. The third-order valence-corrected chi connectivity index (χ3v) is 1.58. The Labute approximate surface area is 72.2 Å². The Bertz CT molecular complexity index is 381. The lowest BCUT2D eigenvalue weighted by Crippen LogP contribution is -2.30. The van der Waals surface area contributed by atoms with Crippen molar-refractivity contribution in [3.63, 3.8) is 0 Å². The molecule has 1 rings (SSSR count). The lowest BCUT2D eigenvalue weighted by atomic mass is 10.6. The van der Waals surface area contributed by atoms with E-state index in [2.05, 4.69) is 0 Å². The quantitative estimate of drug-likeness (QED) is 0.640. The van der Waals surface area contributed by atoms with Gasteiger partial charge in [-0.05, 0) is 0 Å². The highest BCUT2D eigenvalue weighted by Gasteiger charge is 2.00. The van der Waals surface area contributed by atoms with Gasteiger partial charge in [0.15, 0.2) is 0 Å². The van der Waals surface area contributed by atoms with Gasteiger partial charge in [0, 0.05) is 6.20 Å². The number of aromatic nitrogens is 2. The molecule has 0 aromatic carbocycles. The molecule has 0 radical (unpaired) electrons. The third-order valence-electron chi connectivity index (χ3n) is 1.31. The molecule has 0 saturated heterocycles. The van der Waals surface area contributed by atoms with Gasteiger partial charge in [0.1, 0.15) is 5.02 Å². The number of aliphatic hydroxyl groups is 1. The first kappa shape index (κ1) is 9.02. The Balaban J connectivity index is 3.24. The van der Waals surface area contributed by atoms with Crippen molar-refractivity contribution in [2.45, 2.75) is 6.54 Å². The molecule has 0 aliphatic heterocycles. The van der Waals surface area contributed by atoms with Gasteiger partial charge in [0.2, 0.25) is 0 Å². The number of nitrogens with one attached hydrogen (secondary N) is 1. The number of hydrogen-bond acceptors (Lipinski definition) is 3. The summed E-state index contributed by atoms with van der Waals surface area (Å²) >= 11 is 5.44. The Morgan fingerprint density at radius 3 is 2.83 bits per heavy atom. The van der Waals surface area contributed by atoms with Crippen LogP contribution in [0.15, 0.2) is 15.8 Å². The van der Waals surface area contributed by atoms with E-state index in [9.17, 15) is 9.59 Å². The third kappa shape index (κ3) is 1.75. The monoisotopic (exact) mass is 190 g/mol. The van der Waals surface area contributed by atoms with E-state index in [1.54, 1.807) is 0 Å². The maximum Gasteiger partial charge on any atom is 0.328 e. The fraction of sp³-hybridized carbons (Fsp3) is 0.333. The van der Waals surface area contributed by atoms with Gasteiger partial charge in [-0.2, -0.15) is 0 Å². The molecule has 0 saturated carbocycles. The molecule has 0 atom stereocenters. The van der Waals surface area contributed by atoms with Crippen molar-refractivity contribution in [2.24, 2.45) is 0 Å². The second kappa shape index (κ2) is 3.55. The molecule has 0 aliphatic carbocycles. The normalized spacial score (nSPS) is 10.2. The van der Waals surface area contributed by atoms with Crippen LogP contribution in [0.2, 0.25) is 5.02 Å². The fourth-order valence-corrected chi connectivity index (χ4v) is 0.922. The average Bonchev–Trinajstić information content (AvgIpc) is 2.01. The first-order valence-electron chi connectivity index (χ1n) is 3.25. The van der Waals surface area contributed by atoms with Gasteiger partial charge in [-0.1, -0.05) is 11.6 Å². The molecule has 1 aromatic heterocycles. The van der Waals surface area contributed by atoms with Gasteiger partial charge < -0.3 is 5.11 Å². The molecular formula is C6H7ClN2O3. The Kier molecular flexibility index (Phi) is 2.67. The SMILES string of the molecule is O=c1[nH]c(=O)n(CCO)cc1Cl. The van der Waals surface area contributed by atoms with E-state index in [1.165, 1.54) is 6.20 Å². The van der Waals surface area contributed by atoms with E-state index in [0.717, 1.165) is 4.57 Å². The molecule has 66 valence electrons. The predicted octanol–water partition coefficient (Wildman–Crippen LogP) is -0.818. The summed E-state index contributed by atoms with van der Waals surface area (Å²) in [5.74, 6) is 0. The van der Waals surface area contributed by atoms with Crippen molar-refractivity contribution >= 4 is 11.6 Å². The molecule has 0 aliphatic rings. The van der Waals surface area contributed by atoms with E-state index in [4.69, 9.17) is 16.7 Å². The number of H-pyrrole nitrogens is 1. The van der Waals surface area contributed by atoms with E-state index >= 15 is 0 Å². The van der Waals surface area contributed by atoms with Crippen LogP contribution in [0, 0.1) is 0 Å². The zero-order chi connectivity index (χ0) is 9.14. The van der Waals surface area contributed by atoms with Crippen LogP contribution < -0.4 is 11.2 Å². The summed E-state index contributed by atoms with van der Waals surface area (Å²) in [5.41, 5.74) is -1.19. The average molecular weight is 191 g/mol. The van der Waals surface area contributed by atoms with Gasteiger partial charge in [0.25, 0.3) is 5.56 Å². The van der Waals surface area contributed by atoms with Gasteiger partial charge >= 0.3 is 5.69 Å². The molecule has 12 heavy (non-hydrogen) atoms. The molecule has 0 fully saturated rings. The van der Waals surface area contributed by atoms with Crippen LogP contribution >= 0.6 is 11.6 Å². The number of rotatable bonds is 2. The number of hydrogen-bond donors (Lipinski definition) is 2. The van der Waals surface area contributed by atoms with Crippen molar-refractivity contribution in [2.75, 3.05) is 6.61 Å². The zero-order valence-corrected chi connectivity index (χ0v) is 6.84. The van der Waals surface area contributed by atoms with Crippen molar-refractivity contribution in [3.8, 4) is 0 Å². The summed E-state index contributed by atoms with van der Waals surface area (Å²) in [7, 11) is 0. The second-order valence-corrected chi connectivity index (χ2v) is 2.56. The summed E-state index contributed by atoms with van der Waals surface area (Å²) in [6.45, 7) is -0.0579. The lowest BCUT2D eigenvalue weighted by Gasteiger charge is -2.00. The molecule has 0 spiro atoms.